The first kappa shape index (κ1) is 11.1. The molecule has 1 atom stereocenters. The fourth-order valence-electron chi connectivity index (χ4n) is 1.32. The van der Waals surface area contributed by atoms with Crippen LogP contribution in [-0.4, -0.2) is 19.0 Å². The highest BCUT2D eigenvalue weighted by Gasteiger charge is 2.06. The van der Waals surface area contributed by atoms with E-state index >= 15 is 0 Å². The monoisotopic (exact) mass is 196 g/mol. The van der Waals surface area contributed by atoms with Crippen LogP contribution in [0.15, 0.2) is 18.2 Å². The first-order valence-corrected chi connectivity index (χ1v) is 4.69. The van der Waals surface area contributed by atoms with Gasteiger partial charge < -0.3 is 10.6 Å². The molecule has 1 aromatic carbocycles. The SMILES string of the molecule is CC(N)c1ccc(CN(C)C)c(F)c1. The summed E-state index contributed by atoms with van der Waals surface area (Å²) in [6.07, 6.45) is 0. The molecule has 2 nitrogen and oxygen atoms in total. The number of nitrogens with two attached hydrogens (primary N) is 1. The molecular weight excluding hydrogens is 179 g/mol. The van der Waals surface area contributed by atoms with Crippen molar-refractivity contribution in [2.24, 2.45) is 5.73 Å². The molecule has 0 spiro atoms. The Labute approximate surface area is 84.5 Å². The highest BCUT2D eigenvalue weighted by atomic mass is 19.1. The van der Waals surface area contributed by atoms with Crippen LogP contribution in [0.3, 0.4) is 0 Å². The summed E-state index contributed by atoms with van der Waals surface area (Å²) in [5, 5.41) is 0. The number of benzene rings is 1. The van der Waals surface area contributed by atoms with E-state index in [-0.39, 0.29) is 11.9 Å². The Morgan fingerprint density at radius 3 is 2.50 bits per heavy atom. The van der Waals surface area contributed by atoms with Crippen molar-refractivity contribution in [2.75, 3.05) is 14.1 Å². The summed E-state index contributed by atoms with van der Waals surface area (Å²) in [4.78, 5) is 1.93. The zero-order valence-corrected chi connectivity index (χ0v) is 8.92. The maximum Gasteiger partial charge on any atom is 0.128 e. The maximum atomic E-state index is 13.5. The first-order chi connectivity index (χ1) is 6.50. The molecule has 0 heterocycles. The van der Waals surface area contributed by atoms with Gasteiger partial charge in [-0.2, -0.15) is 0 Å². The van der Waals surface area contributed by atoms with Crippen molar-refractivity contribution in [3.8, 4) is 0 Å². The van der Waals surface area contributed by atoms with Crippen LogP contribution in [0, 0.1) is 5.82 Å². The third-order valence-corrected chi connectivity index (χ3v) is 2.09. The van der Waals surface area contributed by atoms with Gasteiger partial charge in [-0.05, 0) is 32.6 Å². The van der Waals surface area contributed by atoms with Gasteiger partial charge in [0.1, 0.15) is 5.82 Å². The topological polar surface area (TPSA) is 29.3 Å². The van der Waals surface area contributed by atoms with Gasteiger partial charge in [-0.1, -0.05) is 12.1 Å². The summed E-state index contributed by atoms with van der Waals surface area (Å²) in [5.74, 6) is -0.173. The van der Waals surface area contributed by atoms with Gasteiger partial charge in [-0.25, -0.2) is 4.39 Å². The number of halogens is 1. The summed E-state index contributed by atoms with van der Waals surface area (Å²) in [6.45, 7) is 2.46. The molecule has 0 amide bonds. The highest BCUT2D eigenvalue weighted by Crippen LogP contribution is 2.15. The van der Waals surface area contributed by atoms with Crippen LogP contribution in [-0.2, 0) is 6.54 Å². The molecule has 2 N–H and O–H groups in total. The van der Waals surface area contributed by atoms with Crippen LogP contribution >= 0.6 is 0 Å². The molecule has 14 heavy (non-hydrogen) atoms. The number of hydrogen-bond donors (Lipinski definition) is 1. The Bertz CT molecular complexity index is 308. The van der Waals surface area contributed by atoms with E-state index in [0.717, 1.165) is 5.56 Å². The quantitative estimate of drug-likeness (QED) is 0.800. The van der Waals surface area contributed by atoms with Crippen molar-refractivity contribution in [3.63, 3.8) is 0 Å². The van der Waals surface area contributed by atoms with Gasteiger partial charge in [0.25, 0.3) is 0 Å². The van der Waals surface area contributed by atoms with Crippen LogP contribution in [0.4, 0.5) is 4.39 Å². The van der Waals surface area contributed by atoms with Crippen LogP contribution < -0.4 is 5.73 Å². The van der Waals surface area contributed by atoms with Crippen molar-refractivity contribution in [1.82, 2.24) is 4.90 Å². The molecule has 0 saturated heterocycles. The smallest absolute Gasteiger partial charge is 0.128 e. The van der Waals surface area contributed by atoms with Gasteiger partial charge in [0, 0.05) is 18.2 Å². The first-order valence-electron chi connectivity index (χ1n) is 4.69. The fraction of sp³-hybridized carbons (Fsp3) is 0.455. The molecule has 0 bridgehead atoms. The van der Waals surface area contributed by atoms with Gasteiger partial charge in [-0.15, -0.1) is 0 Å². The second-order valence-corrected chi connectivity index (χ2v) is 3.88. The Balaban J connectivity index is 2.90. The van der Waals surface area contributed by atoms with E-state index in [4.69, 9.17) is 5.73 Å². The molecule has 0 aliphatic rings. The third-order valence-electron chi connectivity index (χ3n) is 2.09. The molecule has 78 valence electrons. The summed E-state index contributed by atoms with van der Waals surface area (Å²) in [5.41, 5.74) is 7.20. The molecule has 3 heteroatoms. The lowest BCUT2D eigenvalue weighted by Gasteiger charge is -2.12. The lowest BCUT2D eigenvalue weighted by atomic mass is 10.1. The normalized spacial score (nSPS) is 13.3. The highest BCUT2D eigenvalue weighted by molar-refractivity contribution is 5.26. The van der Waals surface area contributed by atoms with Gasteiger partial charge in [-0.3, -0.25) is 0 Å². The zero-order valence-electron chi connectivity index (χ0n) is 8.92. The molecule has 0 fully saturated rings. The van der Waals surface area contributed by atoms with Crippen LogP contribution in [0.25, 0.3) is 0 Å². The average molecular weight is 196 g/mol. The van der Waals surface area contributed by atoms with Crippen molar-refractivity contribution in [3.05, 3.63) is 35.1 Å². The van der Waals surface area contributed by atoms with Gasteiger partial charge in [0.05, 0.1) is 0 Å². The summed E-state index contributed by atoms with van der Waals surface area (Å²) in [6, 6.07) is 5.09. The molecule has 0 aliphatic heterocycles. The third kappa shape index (κ3) is 2.79. The van der Waals surface area contributed by atoms with Crippen molar-refractivity contribution in [1.29, 1.82) is 0 Å². The molecule has 1 unspecified atom stereocenters. The summed E-state index contributed by atoms with van der Waals surface area (Å²) < 4.78 is 13.5. The minimum atomic E-state index is -0.173. The van der Waals surface area contributed by atoms with Crippen LogP contribution in [0.1, 0.15) is 24.1 Å². The Hall–Kier alpha value is -0.930. The Kier molecular flexibility index (Phi) is 3.61. The van der Waals surface area contributed by atoms with Crippen LogP contribution in [0.2, 0.25) is 0 Å². The van der Waals surface area contributed by atoms with E-state index in [0.29, 0.717) is 12.1 Å². The lowest BCUT2D eigenvalue weighted by Crippen LogP contribution is -2.13. The largest absolute Gasteiger partial charge is 0.324 e. The molecular formula is C11H17FN2. The number of nitrogens with zero attached hydrogens (tertiary/aromatic N) is 1. The minimum Gasteiger partial charge on any atom is -0.324 e. The fourth-order valence-corrected chi connectivity index (χ4v) is 1.32. The Morgan fingerprint density at radius 1 is 1.43 bits per heavy atom. The molecule has 0 saturated carbocycles. The van der Waals surface area contributed by atoms with E-state index in [1.165, 1.54) is 6.07 Å². The van der Waals surface area contributed by atoms with Crippen molar-refractivity contribution < 1.29 is 4.39 Å². The number of hydrogen-bond acceptors (Lipinski definition) is 2. The zero-order chi connectivity index (χ0) is 10.7. The lowest BCUT2D eigenvalue weighted by molar-refractivity contribution is 0.392. The average Bonchev–Trinajstić information content (AvgIpc) is 2.07. The van der Waals surface area contributed by atoms with E-state index in [1.54, 1.807) is 6.07 Å². The predicted octanol–water partition coefficient (Wildman–Crippen LogP) is 1.91. The molecule has 0 aliphatic carbocycles. The summed E-state index contributed by atoms with van der Waals surface area (Å²) >= 11 is 0. The molecule has 0 aromatic heterocycles. The predicted molar refractivity (Wildman–Crippen MR) is 56.4 cm³/mol. The molecule has 0 radical (unpaired) electrons. The number of rotatable bonds is 3. The van der Waals surface area contributed by atoms with Gasteiger partial charge in [0.2, 0.25) is 0 Å². The van der Waals surface area contributed by atoms with E-state index < -0.39 is 0 Å². The molecule has 1 rings (SSSR count). The summed E-state index contributed by atoms with van der Waals surface area (Å²) in [7, 11) is 3.83. The standard InChI is InChI=1S/C11H17FN2/c1-8(13)9-4-5-10(7-14(2)3)11(12)6-9/h4-6,8H,7,13H2,1-3H3. The maximum absolute atomic E-state index is 13.5. The van der Waals surface area contributed by atoms with Crippen LogP contribution in [0.5, 0.6) is 0 Å². The van der Waals surface area contributed by atoms with Gasteiger partial charge in [0.15, 0.2) is 0 Å². The second kappa shape index (κ2) is 4.53. The second-order valence-electron chi connectivity index (χ2n) is 3.88. The van der Waals surface area contributed by atoms with Gasteiger partial charge >= 0.3 is 0 Å². The van der Waals surface area contributed by atoms with Crippen molar-refractivity contribution >= 4 is 0 Å². The van der Waals surface area contributed by atoms with E-state index in [1.807, 2.05) is 32.0 Å². The van der Waals surface area contributed by atoms with Crippen molar-refractivity contribution in [2.45, 2.75) is 19.5 Å². The molecule has 1 aromatic rings. The van der Waals surface area contributed by atoms with E-state index in [9.17, 15) is 4.39 Å². The Morgan fingerprint density at radius 2 is 2.07 bits per heavy atom. The van der Waals surface area contributed by atoms with E-state index in [2.05, 4.69) is 0 Å². The minimum absolute atomic E-state index is 0.113.